The quantitative estimate of drug-likeness (QED) is 0.0380. The highest BCUT2D eigenvalue weighted by Gasteiger charge is 2.35. The number of carboxylic acids is 1. The van der Waals surface area contributed by atoms with Crippen LogP contribution in [0.25, 0.3) is 0 Å². The molecule has 0 aliphatic heterocycles. The van der Waals surface area contributed by atoms with Crippen molar-refractivity contribution in [1.29, 1.82) is 0 Å². The minimum atomic E-state index is -1.29. The van der Waals surface area contributed by atoms with Crippen molar-refractivity contribution >= 4 is 70.9 Å². The molecule has 0 aliphatic rings. The van der Waals surface area contributed by atoms with Crippen molar-refractivity contribution in [2.24, 2.45) is 35.3 Å². The lowest BCUT2D eigenvalue weighted by Crippen LogP contribution is -2.59. The third-order valence-electron chi connectivity index (χ3n) is 14.0. The average molecular weight is 1240 g/mol. The maximum Gasteiger partial charge on any atom is 0.325 e. The lowest BCUT2D eigenvalue weighted by atomic mass is 9.99. The number of hydrogen-bond acceptors (Lipinski definition) is 13. The molecule has 14 N–H and O–H groups in total. The van der Waals surface area contributed by atoms with E-state index in [0.29, 0.717) is 11.1 Å². The van der Waals surface area contributed by atoms with Gasteiger partial charge in [0.1, 0.15) is 48.3 Å². The van der Waals surface area contributed by atoms with Crippen LogP contribution in [0.3, 0.4) is 0 Å². The summed E-state index contributed by atoms with van der Waals surface area (Å²) in [5, 5.41) is 37.8. The highest BCUT2D eigenvalue weighted by molar-refractivity contribution is 5.98. The van der Waals surface area contributed by atoms with E-state index >= 15 is 0 Å². The second kappa shape index (κ2) is 37.8. The number of amides is 11. The van der Waals surface area contributed by atoms with E-state index in [0.717, 1.165) is 5.56 Å². The maximum absolute atomic E-state index is 14.2. The number of nitrogens with two attached hydrogens (primary N) is 1. The zero-order valence-corrected chi connectivity index (χ0v) is 53.0. The molecule has 89 heavy (non-hydrogen) atoms. The molecule has 3 aromatic rings. The second-order valence-electron chi connectivity index (χ2n) is 24.2. The van der Waals surface area contributed by atoms with Crippen molar-refractivity contribution < 1.29 is 62.6 Å². The molecule has 0 radical (unpaired) electrons. The molecule has 0 bridgehead atoms. The third-order valence-corrected chi connectivity index (χ3v) is 14.0. The van der Waals surface area contributed by atoms with Crippen LogP contribution in [0.2, 0.25) is 0 Å². The van der Waals surface area contributed by atoms with E-state index in [4.69, 9.17) is 10.8 Å². The Morgan fingerprint density at radius 3 is 1.06 bits per heavy atom. The number of aliphatic carboxylic acids is 1. The van der Waals surface area contributed by atoms with Gasteiger partial charge < -0.3 is 69.3 Å². The Balaban J connectivity index is 1.73. The predicted molar refractivity (Wildman–Crippen MR) is 334 cm³/mol. The summed E-state index contributed by atoms with van der Waals surface area (Å²) in [6.45, 7) is 17.1. The first-order chi connectivity index (χ1) is 41.9. The molecule has 25 nitrogen and oxygen atoms in total. The predicted octanol–water partition coefficient (Wildman–Crippen LogP) is 0.824. The Labute approximate surface area is 521 Å². The van der Waals surface area contributed by atoms with Crippen LogP contribution in [0.15, 0.2) is 91.0 Å². The third kappa shape index (κ3) is 27.9. The van der Waals surface area contributed by atoms with Crippen LogP contribution in [0.1, 0.15) is 112 Å². The van der Waals surface area contributed by atoms with Gasteiger partial charge in [0.2, 0.25) is 65.0 Å². The van der Waals surface area contributed by atoms with Crippen LogP contribution in [0.5, 0.6) is 0 Å². The van der Waals surface area contributed by atoms with Gasteiger partial charge in [0.15, 0.2) is 0 Å². The summed E-state index contributed by atoms with van der Waals surface area (Å²) in [6.07, 6.45) is 0.556. The summed E-state index contributed by atoms with van der Waals surface area (Å²) in [6, 6.07) is 16.0. The standard InChI is InChI=1S/C64H94N12O13/c1-36(2)27-46(57(81)66-33-51(77)69-41(11)64(88)89)72-60(84)50(32-44-25-19-14-20-26-44)73-59(83)48(29-38(5)6)70-53(79)35-68-62(86)54(39(7)8)76-61(85)49(31-43-23-17-13-18-24-43)71-52(78)34-67-58(82)47(28-37(3)4)74-63(87)55(40(9)10)75-56(80)45(65)30-42-21-15-12-16-22-42/h12-26,36-41,45-50,54-55H,27-35,65H2,1-11H3,(H,66,81)(H,67,82)(H,68,86)(H,69,77)(H,70,79)(H,71,78)(H,72,84)(H,73,83)(H,74,87)(H,75,80)(H,76,85)(H,88,89)/t41-,45-,46-,47-,48-,49-,50-,54-,55-/m0/s1. The first-order valence-corrected chi connectivity index (χ1v) is 30.3. The van der Waals surface area contributed by atoms with Crippen LogP contribution in [0, 0.1) is 29.6 Å². The van der Waals surface area contributed by atoms with E-state index in [2.05, 4.69) is 58.5 Å². The van der Waals surface area contributed by atoms with Crippen LogP contribution in [0.4, 0.5) is 0 Å². The first kappa shape index (κ1) is 74.5. The minimum Gasteiger partial charge on any atom is -0.480 e. The molecule has 0 spiro atoms. The molecule has 3 rings (SSSR count). The van der Waals surface area contributed by atoms with E-state index < -0.39 is 157 Å². The molecule has 0 fully saturated rings. The minimum absolute atomic E-state index is 0.0344. The Morgan fingerprint density at radius 1 is 0.348 bits per heavy atom. The largest absolute Gasteiger partial charge is 0.480 e. The van der Waals surface area contributed by atoms with Crippen molar-refractivity contribution in [3.63, 3.8) is 0 Å². The molecular weight excluding hydrogens is 1140 g/mol. The summed E-state index contributed by atoms with van der Waals surface area (Å²) < 4.78 is 0. The summed E-state index contributed by atoms with van der Waals surface area (Å²) in [5.74, 6) is -10.6. The van der Waals surface area contributed by atoms with Gasteiger partial charge in [0, 0.05) is 12.8 Å². The molecule has 0 unspecified atom stereocenters. The van der Waals surface area contributed by atoms with Crippen LogP contribution in [-0.4, -0.2) is 150 Å². The Morgan fingerprint density at radius 2 is 0.652 bits per heavy atom. The van der Waals surface area contributed by atoms with Crippen molar-refractivity contribution in [2.75, 3.05) is 19.6 Å². The zero-order valence-electron chi connectivity index (χ0n) is 53.0. The normalized spacial score (nSPS) is 14.3. The summed E-state index contributed by atoms with van der Waals surface area (Å²) in [5.41, 5.74) is 8.34. The maximum atomic E-state index is 14.2. The number of carbonyl (C=O) groups excluding carboxylic acids is 11. The van der Waals surface area contributed by atoms with Crippen LogP contribution < -0.4 is 64.2 Å². The summed E-state index contributed by atoms with van der Waals surface area (Å²) >= 11 is 0. The highest BCUT2D eigenvalue weighted by Crippen LogP contribution is 2.14. The molecule has 25 heteroatoms. The molecule has 0 aromatic heterocycles. The Kier molecular flexibility index (Phi) is 31.7. The van der Waals surface area contributed by atoms with Gasteiger partial charge in [-0.25, -0.2) is 0 Å². The van der Waals surface area contributed by atoms with Crippen LogP contribution >= 0.6 is 0 Å². The van der Waals surface area contributed by atoms with E-state index in [1.807, 2.05) is 71.9 Å². The molecule has 0 saturated carbocycles. The van der Waals surface area contributed by atoms with E-state index in [9.17, 15) is 57.5 Å². The second-order valence-corrected chi connectivity index (χ2v) is 24.2. The number of benzene rings is 3. The molecule has 0 saturated heterocycles. The van der Waals surface area contributed by atoms with Crippen molar-refractivity contribution in [1.82, 2.24) is 58.5 Å². The average Bonchev–Trinajstić information content (AvgIpc) is 2.80. The summed E-state index contributed by atoms with van der Waals surface area (Å²) in [7, 11) is 0. The molecule has 3 aromatic carbocycles. The van der Waals surface area contributed by atoms with Gasteiger partial charge in [-0.15, -0.1) is 0 Å². The van der Waals surface area contributed by atoms with E-state index in [1.54, 1.807) is 88.4 Å². The summed E-state index contributed by atoms with van der Waals surface area (Å²) in [4.78, 5) is 161. The number of nitrogens with one attached hydrogen (secondary N) is 11. The van der Waals surface area contributed by atoms with Gasteiger partial charge in [0.05, 0.1) is 25.7 Å². The topological polar surface area (TPSA) is 383 Å². The van der Waals surface area contributed by atoms with Gasteiger partial charge in [-0.1, -0.05) is 160 Å². The first-order valence-electron chi connectivity index (χ1n) is 30.3. The molecule has 0 heterocycles. The van der Waals surface area contributed by atoms with E-state index in [-0.39, 0.29) is 56.3 Å². The van der Waals surface area contributed by atoms with Crippen LogP contribution in [-0.2, 0) is 76.8 Å². The monoisotopic (exact) mass is 1240 g/mol. The van der Waals surface area contributed by atoms with Gasteiger partial charge in [-0.05, 0) is 78.9 Å². The lowest BCUT2D eigenvalue weighted by Gasteiger charge is -2.27. The smallest absolute Gasteiger partial charge is 0.325 e. The zero-order chi connectivity index (χ0) is 66.5. The number of hydrogen-bond donors (Lipinski definition) is 13. The molecular formula is C64H94N12O13. The fraction of sp³-hybridized carbons (Fsp3) is 0.531. The van der Waals surface area contributed by atoms with Gasteiger partial charge in [-0.3, -0.25) is 57.5 Å². The van der Waals surface area contributed by atoms with Crippen molar-refractivity contribution in [2.45, 2.75) is 169 Å². The Bertz CT molecular complexity index is 2840. The molecule has 9 atom stereocenters. The molecule has 488 valence electrons. The fourth-order valence-electron chi connectivity index (χ4n) is 9.28. The van der Waals surface area contributed by atoms with Crippen molar-refractivity contribution in [3.05, 3.63) is 108 Å². The molecule has 11 amide bonds. The number of carboxylic acid groups (broad SMARTS) is 1. The van der Waals surface area contributed by atoms with Gasteiger partial charge in [-0.2, -0.15) is 0 Å². The fourth-order valence-corrected chi connectivity index (χ4v) is 9.28. The highest BCUT2D eigenvalue weighted by atomic mass is 16.4. The number of carbonyl (C=O) groups is 12. The van der Waals surface area contributed by atoms with Gasteiger partial charge in [0.25, 0.3) is 0 Å². The van der Waals surface area contributed by atoms with Gasteiger partial charge >= 0.3 is 5.97 Å². The molecule has 0 aliphatic carbocycles. The van der Waals surface area contributed by atoms with Crippen molar-refractivity contribution in [3.8, 4) is 0 Å². The Hall–Kier alpha value is -8.74. The van der Waals surface area contributed by atoms with E-state index in [1.165, 1.54) is 6.92 Å². The lowest BCUT2D eigenvalue weighted by molar-refractivity contribution is -0.141. The number of rotatable bonds is 37. The SMILES string of the molecule is CC(C)C[C@H](NC(=O)CNC(=O)[C@@H](NC(=O)[C@H](Cc1ccccc1)NC(=O)CNC(=O)[C@H](CC(C)C)NC(=O)[C@@H](NC(=O)[C@@H](N)Cc1ccccc1)C(C)C)C(C)C)C(=O)N[C@@H](Cc1ccccc1)C(=O)N[C@@H](CC(C)C)C(=O)NCC(=O)N[C@@H](C)C(=O)O.